The minimum Gasteiger partial charge on any atom is -0.311 e. The van der Waals surface area contributed by atoms with Crippen molar-refractivity contribution in [1.82, 2.24) is 14.1 Å². The molecular weight excluding hydrogens is 450 g/mol. The summed E-state index contributed by atoms with van der Waals surface area (Å²) in [5.74, 6) is 0. The molecule has 0 unspecified atom stereocenters. The van der Waals surface area contributed by atoms with Crippen LogP contribution in [-0.2, 0) is 6.42 Å². The Morgan fingerprint density at radius 1 is 0.595 bits per heavy atom. The topological polar surface area (TPSA) is 22.8 Å². The van der Waals surface area contributed by atoms with Gasteiger partial charge in [-0.3, -0.25) is 4.98 Å². The summed E-state index contributed by atoms with van der Waals surface area (Å²) in [5, 5.41) is 1.18. The summed E-state index contributed by atoms with van der Waals surface area (Å²) in [6.07, 6.45) is 11.2. The van der Waals surface area contributed by atoms with Crippen LogP contribution in [0.15, 0.2) is 115 Å². The second-order valence-electron chi connectivity index (χ2n) is 9.25. The number of benzene rings is 3. The third kappa shape index (κ3) is 4.19. The Balaban J connectivity index is 1.28. The Hall–Kier alpha value is -4.63. The molecule has 0 N–H and O–H groups in total. The Bertz CT molecular complexity index is 1660. The van der Waals surface area contributed by atoms with Crippen LogP contribution < -0.4 is 0 Å². The number of nitrogens with zero attached hydrogens (tertiary/aromatic N) is 3. The predicted octanol–water partition coefficient (Wildman–Crippen LogP) is 8.63. The van der Waals surface area contributed by atoms with Gasteiger partial charge in [0, 0.05) is 34.3 Å². The SMILES string of the molecule is C/C=C\c1ccc(/C=C\C)n1-c1ccc(Cc2ccc(-n3c4ccccc4c4ncccc43)cc2)cc1. The van der Waals surface area contributed by atoms with Gasteiger partial charge in [0.1, 0.15) is 0 Å². The second kappa shape index (κ2) is 9.79. The van der Waals surface area contributed by atoms with Gasteiger partial charge in [-0.2, -0.15) is 0 Å². The molecule has 180 valence electrons. The van der Waals surface area contributed by atoms with Crippen LogP contribution in [0.1, 0.15) is 36.4 Å². The smallest absolute Gasteiger partial charge is 0.0963 e. The fraction of sp³-hybridized carbons (Fsp3) is 0.0882. The summed E-state index contributed by atoms with van der Waals surface area (Å²) < 4.78 is 4.59. The number of rotatable bonds is 6. The van der Waals surface area contributed by atoms with E-state index in [1.165, 1.54) is 39.1 Å². The van der Waals surface area contributed by atoms with Crippen molar-refractivity contribution in [1.29, 1.82) is 0 Å². The largest absolute Gasteiger partial charge is 0.311 e. The van der Waals surface area contributed by atoms with Crippen LogP contribution in [0.25, 0.3) is 45.5 Å². The van der Waals surface area contributed by atoms with Gasteiger partial charge in [0.15, 0.2) is 0 Å². The predicted molar refractivity (Wildman–Crippen MR) is 157 cm³/mol. The zero-order valence-corrected chi connectivity index (χ0v) is 21.2. The maximum absolute atomic E-state index is 4.66. The second-order valence-corrected chi connectivity index (χ2v) is 9.25. The summed E-state index contributed by atoms with van der Waals surface area (Å²) >= 11 is 0. The van der Waals surface area contributed by atoms with Crippen LogP contribution in [0.2, 0.25) is 0 Å². The highest BCUT2D eigenvalue weighted by Crippen LogP contribution is 2.30. The van der Waals surface area contributed by atoms with Gasteiger partial charge in [-0.15, -0.1) is 0 Å². The maximum atomic E-state index is 4.66. The monoisotopic (exact) mass is 479 g/mol. The highest BCUT2D eigenvalue weighted by atomic mass is 15.0. The Morgan fingerprint density at radius 2 is 1.16 bits per heavy atom. The molecule has 0 spiro atoms. The molecule has 3 heteroatoms. The van der Waals surface area contributed by atoms with Gasteiger partial charge in [0.2, 0.25) is 0 Å². The molecular formula is C34H29N3. The molecule has 6 rings (SSSR count). The van der Waals surface area contributed by atoms with Crippen molar-refractivity contribution >= 4 is 34.1 Å². The molecule has 0 saturated heterocycles. The van der Waals surface area contributed by atoms with Gasteiger partial charge in [0.25, 0.3) is 0 Å². The molecule has 0 fully saturated rings. The minimum atomic E-state index is 0.893. The molecule has 0 atom stereocenters. The fourth-order valence-electron chi connectivity index (χ4n) is 5.19. The van der Waals surface area contributed by atoms with Crippen molar-refractivity contribution in [2.75, 3.05) is 0 Å². The molecule has 0 bridgehead atoms. The van der Waals surface area contributed by atoms with Gasteiger partial charge >= 0.3 is 0 Å². The molecule has 3 nitrogen and oxygen atoms in total. The lowest BCUT2D eigenvalue weighted by Crippen LogP contribution is -1.99. The first-order valence-corrected chi connectivity index (χ1v) is 12.8. The van der Waals surface area contributed by atoms with Gasteiger partial charge in [-0.1, -0.05) is 54.6 Å². The number of allylic oxidation sites excluding steroid dienone is 2. The number of hydrogen-bond acceptors (Lipinski definition) is 1. The molecule has 0 aliphatic heterocycles. The summed E-state index contributed by atoms with van der Waals surface area (Å²) in [7, 11) is 0. The van der Waals surface area contributed by atoms with Gasteiger partial charge in [-0.25, -0.2) is 0 Å². The summed E-state index contributed by atoms with van der Waals surface area (Å²) in [5.41, 5.74) is 10.6. The van der Waals surface area contributed by atoms with E-state index in [1.54, 1.807) is 0 Å². The average Bonchev–Trinajstić information content (AvgIpc) is 3.49. The van der Waals surface area contributed by atoms with E-state index >= 15 is 0 Å². The van der Waals surface area contributed by atoms with Crippen molar-refractivity contribution < 1.29 is 0 Å². The quantitative estimate of drug-likeness (QED) is 0.234. The average molecular weight is 480 g/mol. The molecule has 3 aromatic carbocycles. The van der Waals surface area contributed by atoms with Crippen molar-refractivity contribution in [3.05, 3.63) is 138 Å². The van der Waals surface area contributed by atoms with E-state index in [-0.39, 0.29) is 0 Å². The van der Waals surface area contributed by atoms with E-state index in [0.717, 1.165) is 23.1 Å². The molecule has 0 radical (unpaired) electrons. The number of para-hydroxylation sites is 1. The molecule has 0 amide bonds. The highest BCUT2D eigenvalue weighted by molar-refractivity contribution is 6.06. The van der Waals surface area contributed by atoms with E-state index in [2.05, 4.69) is 143 Å². The standard InChI is InChI=1S/C34H29N3/c1-3-8-27-21-22-28(9-4-2)36(27)29-17-13-25(14-18-29)24-26-15-19-30(20-16-26)37-32-11-6-5-10-31(32)34-33(37)12-7-23-35-34/h3-23H,24H2,1-2H3/b8-3-,9-4-. The number of fused-ring (bicyclic) bond motifs is 3. The van der Waals surface area contributed by atoms with Gasteiger partial charge in [0.05, 0.1) is 16.6 Å². The van der Waals surface area contributed by atoms with Gasteiger partial charge < -0.3 is 9.13 Å². The lowest BCUT2D eigenvalue weighted by molar-refractivity contribution is 1.04. The normalized spacial score (nSPS) is 11.9. The maximum Gasteiger partial charge on any atom is 0.0963 e. The Morgan fingerprint density at radius 3 is 1.78 bits per heavy atom. The van der Waals surface area contributed by atoms with Crippen LogP contribution in [0.3, 0.4) is 0 Å². The molecule has 3 aromatic heterocycles. The first-order valence-electron chi connectivity index (χ1n) is 12.8. The first kappa shape index (κ1) is 22.8. The van der Waals surface area contributed by atoms with Crippen molar-refractivity contribution in [3.63, 3.8) is 0 Å². The molecule has 6 aromatic rings. The molecule has 3 heterocycles. The molecule has 37 heavy (non-hydrogen) atoms. The third-order valence-electron chi connectivity index (χ3n) is 6.84. The van der Waals surface area contributed by atoms with Crippen molar-refractivity contribution in [2.45, 2.75) is 20.3 Å². The lowest BCUT2D eigenvalue weighted by atomic mass is 10.0. The summed E-state index contributed by atoms with van der Waals surface area (Å²) in [6, 6.07) is 34.8. The number of aromatic nitrogens is 3. The van der Waals surface area contributed by atoms with Crippen LogP contribution in [0.4, 0.5) is 0 Å². The fourth-order valence-corrected chi connectivity index (χ4v) is 5.19. The summed E-state index contributed by atoms with van der Waals surface area (Å²) in [6.45, 7) is 4.11. The minimum absolute atomic E-state index is 0.893. The zero-order valence-electron chi connectivity index (χ0n) is 21.2. The molecule has 0 saturated carbocycles. The van der Waals surface area contributed by atoms with E-state index in [9.17, 15) is 0 Å². The van der Waals surface area contributed by atoms with Gasteiger partial charge in [-0.05, 0) is 98.1 Å². The Kier molecular flexibility index (Phi) is 6.03. The van der Waals surface area contributed by atoms with Crippen LogP contribution in [0.5, 0.6) is 0 Å². The highest BCUT2D eigenvalue weighted by Gasteiger charge is 2.12. The van der Waals surface area contributed by atoms with Crippen molar-refractivity contribution in [2.24, 2.45) is 0 Å². The van der Waals surface area contributed by atoms with Crippen LogP contribution in [0, 0.1) is 0 Å². The van der Waals surface area contributed by atoms with Crippen LogP contribution >= 0.6 is 0 Å². The van der Waals surface area contributed by atoms with Crippen molar-refractivity contribution in [3.8, 4) is 11.4 Å². The molecule has 0 aliphatic rings. The van der Waals surface area contributed by atoms with Crippen LogP contribution in [-0.4, -0.2) is 14.1 Å². The van der Waals surface area contributed by atoms with E-state index in [1.807, 2.05) is 12.3 Å². The lowest BCUT2D eigenvalue weighted by Gasteiger charge is -2.12. The third-order valence-corrected chi connectivity index (χ3v) is 6.84. The first-order chi connectivity index (χ1) is 18.3. The summed E-state index contributed by atoms with van der Waals surface area (Å²) in [4.78, 5) is 4.66. The Labute approximate surface area is 217 Å². The number of hydrogen-bond donors (Lipinski definition) is 0. The van der Waals surface area contributed by atoms with E-state index < -0.39 is 0 Å². The number of pyridine rings is 1. The molecule has 0 aliphatic carbocycles. The zero-order chi connectivity index (χ0) is 25.2. The van der Waals surface area contributed by atoms with E-state index in [0.29, 0.717) is 0 Å². The van der Waals surface area contributed by atoms with E-state index in [4.69, 9.17) is 0 Å².